The van der Waals surface area contributed by atoms with Crippen molar-refractivity contribution in [1.82, 2.24) is 0 Å². The fraction of sp³-hybridized carbons (Fsp3) is 0.233. The van der Waals surface area contributed by atoms with E-state index >= 15 is 0 Å². The van der Waals surface area contributed by atoms with Gasteiger partial charge in [-0.05, 0) is 37.2 Å². The quantitative estimate of drug-likeness (QED) is 0.0818. The highest BCUT2D eigenvalue weighted by Gasteiger charge is 2.28. The average Bonchev–Trinajstić information content (AvgIpc) is 3.33. The molecule has 14 nitrogen and oxygen atoms in total. The van der Waals surface area contributed by atoms with Crippen LogP contribution < -0.4 is 10.5 Å². The largest absolute Gasteiger partial charge is 0.504 e. The molecule has 0 saturated carbocycles. The number of ether oxygens (including phenoxy) is 2. The maximum absolute atomic E-state index is 13.1. The van der Waals surface area contributed by atoms with Crippen LogP contribution in [-0.4, -0.2) is 64.6 Å². The first-order valence-corrected chi connectivity index (χ1v) is 13.6. The second-order valence-corrected chi connectivity index (χ2v) is 9.08. The molecule has 0 amide bonds. The van der Waals surface area contributed by atoms with Gasteiger partial charge in [0.1, 0.15) is 18.2 Å². The Balaban J connectivity index is 0.000000316. The van der Waals surface area contributed by atoms with Crippen molar-refractivity contribution in [3.63, 3.8) is 0 Å². The summed E-state index contributed by atoms with van der Waals surface area (Å²) in [6.07, 6.45) is 3.67. The minimum Gasteiger partial charge on any atom is -0.504 e. The second-order valence-electron chi connectivity index (χ2n) is 9.08. The number of unbranched alkanes of at least 4 members (excludes halogenated alkanes) is 1. The molecule has 0 aromatic heterocycles. The normalized spacial score (nSPS) is 11.8. The zero-order valence-corrected chi connectivity index (χ0v) is 25.1. The molecule has 0 spiro atoms. The number of aldehydes is 1. The van der Waals surface area contributed by atoms with E-state index in [1.165, 1.54) is 12.8 Å². The van der Waals surface area contributed by atoms with Gasteiger partial charge < -0.3 is 25.4 Å². The number of fused-ring (bicyclic) bond motifs is 2. The number of aromatic hydroxyl groups is 1. The van der Waals surface area contributed by atoms with Crippen LogP contribution in [0.5, 0.6) is 11.5 Å². The molecular formula is C30H29F4N3O11. The molecule has 0 atom stereocenters. The molecule has 0 radical (unpaired) electrons. The van der Waals surface area contributed by atoms with Gasteiger partial charge in [0.15, 0.2) is 36.0 Å². The van der Waals surface area contributed by atoms with E-state index < -0.39 is 50.8 Å². The Morgan fingerprint density at radius 1 is 0.958 bits per heavy atom. The van der Waals surface area contributed by atoms with Crippen molar-refractivity contribution in [2.24, 2.45) is 5.73 Å². The van der Waals surface area contributed by atoms with Crippen LogP contribution >= 0.6 is 0 Å². The first-order valence-electron chi connectivity index (χ1n) is 13.6. The lowest BCUT2D eigenvalue weighted by atomic mass is 10.1. The summed E-state index contributed by atoms with van der Waals surface area (Å²) >= 11 is 0. The van der Waals surface area contributed by atoms with Gasteiger partial charge in [-0.1, -0.05) is 25.5 Å². The monoisotopic (exact) mass is 683 g/mol. The number of esters is 2. The number of phenols is 1. The van der Waals surface area contributed by atoms with E-state index in [-0.39, 0.29) is 48.6 Å². The molecule has 258 valence electrons. The molecule has 5 rings (SSSR count). The van der Waals surface area contributed by atoms with Gasteiger partial charge >= 0.3 is 11.9 Å². The van der Waals surface area contributed by atoms with Crippen LogP contribution in [0.3, 0.4) is 0 Å². The summed E-state index contributed by atoms with van der Waals surface area (Å²) in [6.45, 7) is 1.94. The van der Waals surface area contributed by atoms with E-state index in [0.29, 0.717) is 23.3 Å². The summed E-state index contributed by atoms with van der Waals surface area (Å²) in [5.41, 5.74) is 5.29. The van der Waals surface area contributed by atoms with Crippen LogP contribution in [0.25, 0.3) is 6.08 Å². The smallest absolute Gasteiger partial charge is 0.346 e. The van der Waals surface area contributed by atoms with E-state index in [9.17, 15) is 52.2 Å². The predicted octanol–water partition coefficient (Wildman–Crippen LogP) is 4.46. The lowest BCUT2D eigenvalue weighted by Crippen LogP contribution is -2.14. The molecule has 0 saturated heterocycles. The molecule has 4 N–H and O–H groups in total. The molecule has 0 unspecified atom stereocenters. The third-order valence-corrected chi connectivity index (χ3v) is 5.54. The van der Waals surface area contributed by atoms with E-state index in [2.05, 4.69) is 11.7 Å². The van der Waals surface area contributed by atoms with Gasteiger partial charge in [0.25, 0.3) is 5.70 Å². The molecule has 0 fully saturated rings. The van der Waals surface area contributed by atoms with Crippen LogP contribution in [0.4, 0.5) is 17.6 Å². The van der Waals surface area contributed by atoms with Crippen molar-refractivity contribution < 1.29 is 61.5 Å². The number of rotatable bonds is 6. The van der Waals surface area contributed by atoms with Crippen LogP contribution in [0.1, 0.15) is 56.4 Å². The van der Waals surface area contributed by atoms with Gasteiger partial charge in [0.05, 0.1) is 21.6 Å². The van der Waals surface area contributed by atoms with Gasteiger partial charge in [-0.15, -0.1) is 0 Å². The van der Waals surface area contributed by atoms with Gasteiger partial charge in [-0.3, -0.25) is 25.0 Å². The first-order chi connectivity index (χ1) is 22.7. The summed E-state index contributed by atoms with van der Waals surface area (Å²) < 4.78 is 59.7. The highest BCUT2D eigenvalue weighted by atomic mass is 19.1. The molecular weight excluding hydrogens is 654 g/mol. The van der Waals surface area contributed by atoms with E-state index in [4.69, 9.17) is 20.7 Å². The fourth-order valence-electron chi connectivity index (χ4n) is 3.31. The Bertz CT molecular complexity index is 1620. The lowest BCUT2D eigenvalue weighted by Gasteiger charge is -2.13. The number of nitrogens with two attached hydrogens (primary N) is 1. The van der Waals surface area contributed by atoms with Crippen LogP contribution in [0, 0.1) is 43.5 Å². The Kier molecular flexibility index (Phi) is 17.1. The van der Waals surface area contributed by atoms with Crippen LogP contribution in [-0.2, 0) is 4.74 Å². The number of aliphatic hydroxyl groups is 1. The molecule has 3 aromatic carbocycles. The Morgan fingerprint density at radius 3 is 1.96 bits per heavy atom. The minimum absolute atomic E-state index is 0.0467. The number of nitrogens with zero attached hydrogens (tertiary/aromatic N) is 2. The molecule has 0 aliphatic carbocycles. The topological polar surface area (TPSA) is 222 Å². The highest BCUT2D eigenvalue weighted by molar-refractivity contribution is 6.14. The predicted molar refractivity (Wildman–Crippen MR) is 159 cm³/mol. The number of carbonyl (C=O) groups excluding carboxylic acids is 3. The Hall–Kier alpha value is -5.75. The van der Waals surface area contributed by atoms with Gasteiger partial charge in [0, 0.05) is 28.7 Å². The number of hydrogen-bond acceptors (Lipinski definition) is 12. The van der Waals surface area contributed by atoms with Crippen LogP contribution in [0.2, 0.25) is 0 Å². The summed E-state index contributed by atoms with van der Waals surface area (Å²) in [7, 11) is 0. The molecule has 2 heterocycles. The number of carbonyl (C=O) groups is 3. The highest BCUT2D eigenvalue weighted by Crippen LogP contribution is 2.30. The summed E-state index contributed by atoms with van der Waals surface area (Å²) in [5, 5.41) is 36.2. The van der Waals surface area contributed by atoms with Crippen molar-refractivity contribution >= 4 is 24.3 Å². The standard InChI is InChI=1S/C9H5F2NO3.C8H4O3.C7H4F2O2.C4H11N.C2H5NO3/c10-6-1-5-2-7(12(13)14)4-15-9(5)8(11)3-6;9-7-5-3-1-2-4-6(5)8(10)11-7;8-5-1-4(3-10)7(11)6(9)2-5;1-2-3-4-5;4-2-1-3(5)6/h1-3H,4H2;1-4H;1-3,11H;2-5H2,1H3;4H,1-2H2. The van der Waals surface area contributed by atoms with E-state index in [1.807, 2.05) is 0 Å². The molecule has 2 aliphatic rings. The van der Waals surface area contributed by atoms with Gasteiger partial charge in [-0.2, -0.15) is 0 Å². The van der Waals surface area contributed by atoms with Crippen molar-refractivity contribution in [1.29, 1.82) is 0 Å². The zero-order valence-electron chi connectivity index (χ0n) is 25.1. The van der Waals surface area contributed by atoms with Gasteiger partial charge in [0.2, 0.25) is 6.54 Å². The number of phenolic OH excluding ortho intramolecular Hbond substituents is 1. The number of benzene rings is 3. The number of hydrogen-bond donors (Lipinski definition) is 3. The average molecular weight is 684 g/mol. The molecule has 2 aliphatic heterocycles. The van der Waals surface area contributed by atoms with Crippen molar-refractivity contribution in [2.75, 3.05) is 26.3 Å². The fourth-order valence-corrected chi connectivity index (χ4v) is 3.31. The third-order valence-electron chi connectivity index (χ3n) is 5.54. The first kappa shape index (κ1) is 40.3. The summed E-state index contributed by atoms with van der Waals surface area (Å²) in [4.78, 5) is 50.1. The number of cyclic esters (lactones) is 2. The number of halogens is 4. The minimum atomic E-state index is -1.13. The van der Waals surface area contributed by atoms with Crippen molar-refractivity contribution in [3.8, 4) is 11.5 Å². The molecule has 3 aromatic rings. The number of nitro groups is 2. The summed E-state index contributed by atoms with van der Waals surface area (Å²) in [6, 6.07) is 9.45. The Labute approximate surface area is 269 Å². The third kappa shape index (κ3) is 12.9. The zero-order chi connectivity index (χ0) is 36.4. The second kappa shape index (κ2) is 20.4. The lowest BCUT2D eigenvalue weighted by molar-refractivity contribution is -0.482. The molecule has 0 bridgehead atoms. The van der Waals surface area contributed by atoms with Crippen LogP contribution in [0.15, 0.2) is 54.2 Å². The number of aliphatic hydroxyl groups excluding tert-OH is 1. The van der Waals surface area contributed by atoms with Crippen molar-refractivity contribution in [3.05, 3.63) is 120 Å². The molecule has 48 heavy (non-hydrogen) atoms. The van der Waals surface area contributed by atoms with E-state index in [0.717, 1.165) is 24.8 Å². The van der Waals surface area contributed by atoms with Crippen molar-refractivity contribution in [2.45, 2.75) is 19.8 Å². The maximum atomic E-state index is 13.1. The summed E-state index contributed by atoms with van der Waals surface area (Å²) in [5.74, 6) is -5.74. The molecule has 18 heteroatoms. The Morgan fingerprint density at radius 2 is 1.52 bits per heavy atom. The van der Waals surface area contributed by atoms with E-state index in [1.54, 1.807) is 24.3 Å². The van der Waals surface area contributed by atoms with Gasteiger partial charge in [-0.25, -0.2) is 27.2 Å². The maximum Gasteiger partial charge on any atom is 0.346 e. The SMILES string of the molecule is CCCCN.O=C1OC(=O)c2ccccc21.O=Cc1cc(F)cc(F)c1O.O=[N+]([O-])C1=Cc2cc(F)cc(F)c2OC1.O=[N+]([O-])CCO.